The van der Waals surface area contributed by atoms with E-state index >= 15 is 0 Å². The van der Waals surface area contributed by atoms with E-state index in [-0.39, 0.29) is 11.7 Å². The summed E-state index contributed by atoms with van der Waals surface area (Å²) in [5.74, 6) is 0.580. The summed E-state index contributed by atoms with van der Waals surface area (Å²) in [7, 11) is -3.35. The second-order valence-corrected chi connectivity index (χ2v) is 9.18. The molecule has 24 heavy (non-hydrogen) atoms. The summed E-state index contributed by atoms with van der Waals surface area (Å²) in [5.41, 5.74) is 0.927. The number of hydrogen-bond donors (Lipinski definition) is 0. The van der Waals surface area contributed by atoms with E-state index in [9.17, 15) is 13.2 Å². The Kier molecular flexibility index (Phi) is 5.06. The van der Waals surface area contributed by atoms with Gasteiger partial charge in [-0.2, -0.15) is 0 Å². The number of benzene rings is 1. The fourth-order valence-electron chi connectivity index (χ4n) is 3.45. The molecule has 0 saturated carbocycles. The first-order chi connectivity index (χ1) is 11.4. The Balaban J connectivity index is 1.90. The third-order valence-corrected chi connectivity index (χ3v) is 6.93. The van der Waals surface area contributed by atoms with Crippen molar-refractivity contribution >= 4 is 33.2 Å². The molecule has 0 spiro atoms. The molecule has 2 aliphatic heterocycles. The second kappa shape index (κ2) is 6.92. The molecule has 1 amide bonds. The van der Waals surface area contributed by atoms with Crippen LogP contribution in [0.15, 0.2) is 18.2 Å². The number of amides is 1. The first-order valence-corrected chi connectivity index (χ1v) is 10.5. The summed E-state index contributed by atoms with van der Waals surface area (Å²) in [6, 6.07) is 4.94. The van der Waals surface area contributed by atoms with E-state index in [1.165, 1.54) is 4.31 Å². The van der Waals surface area contributed by atoms with E-state index in [0.29, 0.717) is 35.2 Å². The number of hydrogen-bond acceptors (Lipinski definition) is 3. The van der Waals surface area contributed by atoms with E-state index in [2.05, 4.69) is 6.92 Å². The molecule has 0 radical (unpaired) electrons. The average molecular weight is 371 g/mol. The lowest BCUT2D eigenvalue weighted by molar-refractivity contribution is 0.0683. The molecule has 3 rings (SSSR count). The zero-order chi connectivity index (χ0) is 17.3. The lowest BCUT2D eigenvalue weighted by Gasteiger charge is -2.32. The van der Waals surface area contributed by atoms with Crippen molar-refractivity contribution in [1.29, 1.82) is 0 Å². The maximum absolute atomic E-state index is 12.8. The molecule has 1 atom stereocenters. The van der Waals surface area contributed by atoms with Gasteiger partial charge in [-0.05, 0) is 49.8 Å². The van der Waals surface area contributed by atoms with E-state index in [1.54, 1.807) is 18.2 Å². The molecule has 0 aromatic heterocycles. The maximum atomic E-state index is 12.8. The quantitative estimate of drug-likeness (QED) is 0.803. The predicted octanol–water partition coefficient (Wildman–Crippen LogP) is 3.14. The van der Waals surface area contributed by atoms with E-state index in [4.69, 9.17) is 11.6 Å². The third-order valence-electron chi connectivity index (χ3n) is 4.76. The van der Waals surface area contributed by atoms with Gasteiger partial charge in [0.05, 0.1) is 16.5 Å². The van der Waals surface area contributed by atoms with Crippen molar-refractivity contribution in [3.05, 3.63) is 28.8 Å². The monoisotopic (exact) mass is 370 g/mol. The number of anilines is 1. The van der Waals surface area contributed by atoms with E-state index in [0.717, 1.165) is 32.4 Å². The van der Waals surface area contributed by atoms with Gasteiger partial charge in [0.15, 0.2) is 0 Å². The minimum absolute atomic E-state index is 0.0473. The van der Waals surface area contributed by atoms with Gasteiger partial charge < -0.3 is 4.90 Å². The first kappa shape index (κ1) is 17.5. The van der Waals surface area contributed by atoms with Gasteiger partial charge in [-0.25, -0.2) is 8.42 Å². The standard InChI is InChI=1S/C17H23ClN2O3S/c1-13-5-4-8-19(12-13)17(21)14-6-7-15(18)16(11-14)20-9-2-3-10-24(20,22)23/h6-7,11,13H,2-5,8-10,12H2,1H3. The number of likely N-dealkylation sites (tertiary alicyclic amines) is 1. The molecule has 0 N–H and O–H groups in total. The molecular weight excluding hydrogens is 348 g/mol. The molecule has 7 heteroatoms. The second-order valence-electron chi connectivity index (χ2n) is 6.76. The van der Waals surface area contributed by atoms with Crippen LogP contribution in [0.2, 0.25) is 5.02 Å². The lowest BCUT2D eigenvalue weighted by Crippen LogP contribution is -2.40. The van der Waals surface area contributed by atoms with E-state index in [1.807, 2.05) is 4.90 Å². The highest BCUT2D eigenvalue weighted by Gasteiger charge is 2.29. The minimum Gasteiger partial charge on any atom is -0.338 e. The molecule has 0 aliphatic carbocycles. The minimum atomic E-state index is -3.35. The third kappa shape index (κ3) is 3.54. The molecule has 1 aromatic carbocycles. The summed E-state index contributed by atoms with van der Waals surface area (Å²) in [4.78, 5) is 14.6. The van der Waals surface area contributed by atoms with Crippen LogP contribution in [0, 0.1) is 5.92 Å². The highest BCUT2D eigenvalue weighted by Crippen LogP contribution is 2.32. The van der Waals surface area contributed by atoms with Crippen molar-refractivity contribution in [2.45, 2.75) is 32.6 Å². The van der Waals surface area contributed by atoms with Gasteiger partial charge in [0, 0.05) is 25.2 Å². The molecule has 1 unspecified atom stereocenters. The Bertz CT molecular complexity index is 735. The molecule has 1 aromatic rings. The fourth-order valence-corrected chi connectivity index (χ4v) is 5.37. The van der Waals surface area contributed by atoms with Crippen molar-refractivity contribution in [1.82, 2.24) is 4.90 Å². The number of carbonyl (C=O) groups excluding carboxylic acids is 1. The van der Waals surface area contributed by atoms with Crippen molar-refractivity contribution in [2.24, 2.45) is 5.92 Å². The van der Waals surface area contributed by atoms with Crippen molar-refractivity contribution in [2.75, 3.05) is 29.7 Å². The normalized spacial score (nSPS) is 24.0. The highest BCUT2D eigenvalue weighted by molar-refractivity contribution is 7.92. The van der Waals surface area contributed by atoms with Crippen LogP contribution in [0.25, 0.3) is 0 Å². The molecular formula is C17H23ClN2O3S. The number of nitrogens with zero attached hydrogens (tertiary/aromatic N) is 2. The molecule has 0 bridgehead atoms. The molecule has 5 nitrogen and oxygen atoms in total. The van der Waals surface area contributed by atoms with Crippen LogP contribution in [-0.2, 0) is 10.0 Å². The average Bonchev–Trinajstić information content (AvgIpc) is 2.55. The van der Waals surface area contributed by atoms with Crippen LogP contribution in [-0.4, -0.2) is 44.6 Å². The molecule has 2 fully saturated rings. The number of piperidine rings is 1. The van der Waals surface area contributed by atoms with Crippen LogP contribution >= 0.6 is 11.6 Å². The fraction of sp³-hybridized carbons (Fsp3) is 0.588. The summed E-state index contributed by atoms with van der Waals surface area (Å²) in [6.07, 6.45) is 3.62. The van der Waals surface area contributed by atoms with Crippen LogP contribution in [0.3, 0.4) is 0 Å². The SMILES string of the molecule is CC1CCCN(C(=O)c2ccc(Cl)c(N3CCCCS3(=O)=O)c2)C1. The van der Waals surface area contributed by atoms with Gasteiger partial charge in [-0.3, -0.25) is 9.10 Å². The number of carbonyl (C=O) groups is 1. The topological polar surface area (TPSA) is 57.7 Å². The summed E-state index contributed by atoms with van der Waals surface area (Å²) >= 11 is 6.24. The summed E-state index contributed by atoms with van der Waals surface area (Å²) < 4.78 is 26.0. The zero-order valence-corrected chi connectivity index (χ0v) is 15.4. The Morgan fingerprint density at radius 2 is 2.00 bits per heavy atom. The summed E-state index contributed by atoms with van der Waals surface area (Å²) in [6.45, 7) is 4.06. The Morgan fingerprint density at radius 1 is 1.21 bits per heavy atom. The van der Waals surface area contributed by atoms with Crippen LogP contribution in [0.5, 0.6) is 0 Å². The van der Waals surface area contributed by atoms with Crippen LogP contribution in [0.1, 0.15) is 43.0 Å². The van der Waals surface area contributed by atoms with Crippen LogP contribution < -0.4 is 4.31 Å². The molecule has 2 heterocycles. The summed E-state index contributed by atoms with van der Waals surface area (Å²) in [5, 5.41) is 0.365. The number of halogens is 1. The number of sulfonamides is 1. The van der Waals surface area contributed by atoms with Crippen LogP contribution in [0.4, 0.5) is 5.69 Å². The highest BCUT2D eigenvalue weighted by atomic mass is 35.5. The smallest absolute Gasteiger partial charge is 0.253 e. The van der Waals surface area contributed by atoms with Gasteiger partial charge in [0.25, 0.3) is 5.91 Å². The van der Waals surface area contributed by atoms with Gasteiger partial charge >= 0.3 is 0 Å². The molecule has 132 valence electrons. The van der Waals surface area contributed by atoms with Gasteiger partial charge in [-0.15, -0.1) is 0 Å². The lowest BCUT2D eigenvalue weighted by atomic mass is 9.99. The largest absolute Gasteiger partial charge is 0.338 e. The van der Waals surface area contributed by atoms with Gasteiger partial charge in [-0.1, -0.05) is 18.5 Å². The van der Waals surface area contributed by atoms with Crippen molar-refractivity contribution in [3.8, 4) is 0 Å². The van der Waals surface area contributed by atoms with Gasteiger partial charge in [0.2, 0.25) is 10.0 Å². The number of rotatable bonds is 2. The predicted molar refractivity (Wildman–Crippen MR) is 96.1 cm³/mol. The molecule has 2 saturated heterocycles. The zero-order valence-electron chi connectivity index (χ0n) is 13.9. The Labute approximate surface area is 148 Å². The van der Waals surface area contributed by atoms with E-state index < -0.39 is 10.0 Å². The maximum Gasteiger partial charge on any atom is 0.253 e. The first-order valence-electron chi connectivity index (χ1n) is 8.48. The van der Waals surface area contributed by atoms with Crippen molar-refractivity contribution in [3.63, 3.8) is 0 Å². The Hall–Kier alpha value is -1.27. The van der Waals surface area contributed by atoms with Crippen molar-refractivity contribution < 1.29 is 13.2 Å². The Morgan fingerprint density at radius 3 is 2.71 bits per heavy atom. The van der Waals surface area contributed by atoms with Gasteiger partial charge in [0.1, 0.15) is 0 Å². The molecule has 2 aliphatic rings.